The summed E-state index contributed by atoms with van der Waals surface area (Å²) in [6.45, 7) is 0.720. The third kappa shape index (κ3) is 2.48. The molecule has 1 heterocycles. The van der Waals surface area contributed by atoms with Gasteiger partial charge in [-0.3, -0.25) is 0 Å². The number of benzene rings is 2. The molecule has 0 spiro atoms. The summed E-state index contributed by atoms with van der Waals surface area (Å²) in [4.78, 5) is 0. The Morgan fingerprint density at radius 1 is 1.11 bits per heavy atom. The fraction of sp³-hybridized carbons (Fsp3) is 0.0667. The first-order valence-electron chi connectivity index (χ1n) is 5.92. The van der Waals surface area contributed by atoms with Gasteiger partial charge in [-0.1, -0.05) is 27.5 Å². The molecule has 96 valence electrons. The van der Waals surface area contributed by atoms with Gasteiger partial charge in [-0.25, -0.2) is 0 Å². The molecule has 3 aromatic rings. The Morgan fingerprint density at radius 2 is 1.95 bits per heavy atom. The van der Waals surface area contributed by atoms with Crippen LogP contribution in [0, 0.1) is 0 Å². The van der Waals surface area contributed by atoms with E-state index >= 15 is 0 Å². The summed E-state index contributed by atoms with van der Waals surface area (Å²) in [6.07, 6.45) is 2.07. The van der Waals surface area contributed by atoms with Crippen LogP contribution in [0.1, 0.15) is 5.56 Å². The molecule has 0 aliphatic heterocycles. The number of aromatic nitrogens is 1. The zero-order valence-electron chi connectivity index (χ0n) is 10.1. The van der Waals surface area contributed by atoms with Crippen molar-refractivity contribution in [3.05, 3.63) is 63.7 Å². The van der Waals surface area contributed by atoms with E-state index in [1.54, 1.807) is 0 Å². The van der Waals surface area contributed by atoms with E-state index in [0.717, 1.165) is 22.3 Å². The quantitative estimate of drug-likeness (QED) is 0.677. The summed E-state index contributed by atoms with van der Waals surface area (Å²) in [5.41, 5.74) is 8.98. The molecular formula is C15H12BrClN2. The van der Waals surface area contributed by atoms with Crippen LogP contribution in [0.4, 0.5) is 5.69 Å². The van der Waals surface area contributed by atoms with E-state index in [2.05, 4.69) is 44.9 Å². The van der Waals surface area contributed by atoms with Crippen LogP contribution >= 0.6 is 27.5 Å². The molecule has 2 nitrogen and oxygen atoms in total. The number of nitrogens with zero attached hydrogens (tertiary/aromatic N) is 1. The maximum atomic E-state index is 6.02. The molecular weight excluding hydrogens is 324 g/mol. The highest BCUT2D eigenvalue weighted by Gasteiger charge is 2.05. The summed E-state index contributed by atoms with van der Waals surface area (Å²) >= 11 is 9.51. The van der Waals surface area contributed by atoms with Crippen LogP contribution in [0.3, 0.4) is 0 Å². The molecule has 0 unspecified atom stereocenters. The largest absolute Gasteiger partial charge is 0.398 e. The lowest BCUT2D eigenvalue weighted by atomic mass is 10.2. The van der Waals surface area contributed by atoms with E-state index in [0.29, 0.717) is 5.02 Å². The van der Waals surface area contributed by atoms with Crippen molar-refractivity contribution in [1.82, 2.24) is 4.57 Å². The smallest absolute Gasteiger partial charge is 0.0497 e. The monoisotopic (exact) mass is 334 g/mol. The van der Waals surface area contributed by atoms with Gasteiger partial charge in [-0.2, -0.15) is 0 Å². The summed E-state index contributed by atoms with van der Waals surface area (Å²) in [7, 11) is 0. The number of fused-ring (bicyclic) bond motifs is 1. The minimum absolute atomic E-state index is 0.711. The van der Waals surface area contributed by atoms with Crippen LogP contribution in [0.2, 0.25) is 5.02 Å². The van der Waals surface area contributed by atoms with Gasteiger partial charge in [0.25, 0.3) is 0 Å². The Kier molecular flexibility index (Phi) is 3.25. The van der Waals surface area contributed by atoms with Gasteiger partial charge in [0.15, 0.2) is 0 Å². The molecule has 0 bridgehead atoms. The molecule has 3 rings (SSSR count). The van der Waals surface area contributed by atoms with E-state index < -0.39 is 0 Å². The number of anilines is 1. The summed E-state index contributed by atoms with van der Waals surface area (Å²) in [5.74, 6) is 0. The highest BCUT2D eigenvalue weighted by atomic mass is 79.9. The van der Waals surface area contributed by atoms with Crippen molar-refractivity contribution >= 4 is 44.1 Å². The fourth-order valence-corrected chi connectivity index (χ4v) is 2.78. The summed E-state index contributed by atoms with van der Waals surface area (Å²) < 4.78 is 3.25. The van der Waals surface area contributed by atoms with Crippen molar-refractivity contribution in [2.75, 3.05) is 5.73 Å². The first-order chi connectivity index (χ1) is 9.13. The van der Waals surface area contributed by atoms with Gasteiger partial charge >= 0.3 is 0 Å². The van der Waals surface area contributed by atoms with Gasteiger partial charge in [0.05, 0.1) is 0 Å². The molecule has 0 saturated carbocycles. The molecule has 2 aromatic carbocycles. The Labute approximate surface area is 124 Å². The number of halogens is 2. The third-order valence-corrected chi connectivity index (χ3v) is 3.91. The molecule has 0 radical (unpaired) electrons. The van der Waals surface area contributed by atoms with E-state index in [-0.39, 0.29) is 0 Å². The second-order valence-electron chi connectivity index (χ2n) is 4.49. The number of nitrogens with two attached hydrogens (primary N) is 1. The minimum atomic E-state index is 0.711. The van der Waals surface area contributed by atoms with Gasteiger partial charge in [-0.15, -0.1) is 0 Å². The van der Waals surface area contributed by atoms with Gasteiger partial charge in [0.2, 0.25) is 0 Å². The second-order valence-corrected chi connectivity index (χ2v) is 5.84. The zero-order chi connectivity index (χ0) is 13.4. The lowest BCUT2D eigenvalue weighted by Crippen LogP contribution is -2.01. The molecule has 0 aliphatic carbocycles. The lowest BCUT2D eigenvalue weighted by Gasteiger charge is -2.09. The second kappa shape index (κ2) is 4.91. The van der Waals surface area contributed by atoms with E-state index in [1.165, 1.54) is 10.9 Å². The van der Waals surface area contributed by atoms with E-state index in [1.807, 2.05) is 24.3 Å². The normalized spacial score (nSPS) is 11.1. The molecule has 2 N–H and O–H groups in total. The average Bonchev–Trinajstić information content (AvgIpc) is 2.76. The SMILES string of the molecule is Nc1ccc(Cl)cc1Cn1ccc2cc(Br)ccc21. The molecule has 0 amide bonds. The Hall–Kier alpha value is -1.45. The number of rotatable bonds is 2. The molecule has 0 atom stereocenters. The van der Waals surface area contributed by atoms with Gasteiger partial charge < -0.3 is 10.3 Å². The lowest BCUT2D eigenvalue weighted by molar-refractivity contribution is 0.839. The first kappa shape index (κ1) is 12.6. The maximum Gasteiger partial charge on any atom is 0.0497 e. The van der Waals surface area contributed by atoms with Crippen LogP contribution in [0.15, 0.2) is 53.1 Å². The van der Waals surface area contributed by atoms with Crippen LogP contribution in [0.25, 0.3) is 10.9 Å². The van der Waals surface area contributed by atoms with E-state index in [4.69, 9.17) is 17.3 Å². The van der Waals surface area contributed by atoms with Crippen molar-refractivity contribution in [3.8, 4) is 0 Å². The first-order valence-corrected chi connectivity index (χ1v) is 7.09. The molecule has 1 aromatic heterocycles. The van der Waals surface area contributed by atoms with Crippen LogP contribution < -0.4 is 5.73 Å². The third-order valence-electron chi connectivity index (χ3n) is 3.18. The van der Waals surface area contributed by atoms with E-state index in [9.17, 15) is 0 Å². The van der Waals surface area contributed by atoms with Crippen LogP contribution in [0.5, 0.6) is 0 Å². The highest BCUT2D eigenvalue weighted by Crippen LogP contribution is 2.24. The molecule has 0 saturated heterocycles. The Morgan fingerprint density at radius 3 is 2.79 bits per heavy atom. The van der Waals surface area contributed by atoms with Gasteiger partial charge in [0, 0.05) is 38.8 Å². The van der Waals surface area contributed by atoms with Crippen LogP contribution in [-0.4, -0.2) is 4.57 Å². The molecule has 4 heteroatoms. The van der Waals surface area contributed by atoms with Crippen molar-refractivity contribution in [1.29, 1.82) is 0 Å². The number of nitrogen functional groups attached to an aromatic ring is 1. The predicted molar refractivity (Wildman–Crippen MR) is 84.6 cm³/mol. The highest BCUT2D eigenvalue weighted by molar-refractivity contribution is 9.10. The van der Waals surface area contributed by atoms with Crippen molar-refractivity contribution in [2.24, 2.45) is 0 Å². The Balaban J connectivity index is 2.03. The number of hydrogen-bond donors (Lipinski definition) is 1. The zero-order valence-corrected chi connectivity index (χ0v) is 12.4. The summed E-state index contributed by atoms with van der Waals surface area (Å²) in [5, 5.41) is 1.92. The maximum absolute atomic E-state index is 6.02. The summed E-state index contributed by atoms with van der Waals surface area (Å²) in [6, 6.07) is 13.9. The van der Waals surface area contributed by atoms with Gasteiger partial charge in [0.1, 0.15) is 0 Å². The van der Waals surface area contributed by atoms with Crippen molar-refractivity contribution in [3.63, 3.8) is 0 Å². The average molecular weight is 336 g/mol. The Bertz CT molecular complexity index is 749. The minimum Gasteiger partial charge on any atom is -0.398 e. The van der Waals surface area contributed by atoms with Crippen molar-refractivity contribution < 1.29 is 0 Å². The van der Waals surface area contributed by atoms with Gasteiger partial charge in [-0.05, 0) is 48.0 Å². The van der Waals surface area contributed by atoms with Crippen LogP contribution in [-0.2, 0) is 6.54 Å². The standard InChI is InChI=1S/C15H12BrClN2/c16-12-1-4-15-10(7-12)5-6-19(15)9-11-8-13(17)2-3-14(11)18/h1-8H,9,18H2. The topological polar surface area (TPSA) is 30.9 Å². The fourth-order valence-electron chi connectivity index (χ4n) is 2.20. The molecule has 0 fully saturated rings. The van der Waals surface area contributed by atoms with Crippen molar-refractivity contribution in [2.45, 2.75) is 6.54 Å². The molecule has 0 aliphatic rings. The predicted octanol–water partition coefficient (Wildman–Crippen LogP) is 4.69. The number of hydrogen-bond acceptors (Lipinski definition) is 1. The molecule has 19 heavy (non-hydrogen) atoms.